The summed E-state index contributed by atoms with van der Waals surface area (Å²) in [7, 11) is 1.73. The van der Waals surface area contributed by atoms with Gasteiger partial charge in [-0.1, -0.05) is 42.5 Å². The first-order chi connectivity index (χ1) is 13.3. The zero-order valence-electron chi connectivity index (χ0n) is 16.3. The molecule has 0 bridgehead atoms. The quantitative estimate of drug-likeness (QED) is 0.618. The molecule has 0 heterocycles. The number of carbonyl (C=O) groups is 2. The Morgan fingerprint density at radius 1 is 1.00 bits per heavy atom. The Bertz CT molecular complexity index is 762. The molecule has 0 fully saturated rings. The first-order valence-corrected chi connectivity index (χ1v) is 9.42. The molecule has 0 spiro atoms. The highest BCUT2D eigenvalue weighted by molar-refractivity contribution is 5.74. The number of nitrogens with zero attached hydrogens (tertiary/aromatic N) is 1. The van der Waals surface area contributed by atoms with Gasteiger partial charge < -0.3 is 20.4 Å². The summed E-state index contributed by atoms with van der Waals surface area (Å²) in [4.78, 5) is 25.3. The second-order valence-corrected chi connectivity index (χ2v) is 7.10. The molecule has 0 aliphatic rings. The van der Waals surface area contributed by atoms with Crippen LogP contribution in [0.4, 0.5) is 4.79 Å². The number of carboxylic acid groups (broad SMARTS) is 1. The van der Waals surface area contributed by atoms with E-state index in [-0.39, 0.29) is 30.3 Å². The lowest BCUT2D eigenvalue weighted by Crippen LogP contribution is -2.47. The lowest BCUT2D eigenvalue weighted by molar-refractivity contribution is -0.137. The smallest absolute Gasteiger partial charge is 0.317 e. The molecule has 0 aliphatic carbocycles. The zero-order valence-corrected chi connectivity index (χ0v) is 16.3. The number of rotatable bonds is 9. The van der Waals surface area contributed by atoms with Crippen LogP contribution in [-0.4, -0.2) is 46.2 Å². The van der Waals surface area contributed by atoms with Gasteiger partial charge in [0.1, 0.15) is 5.75 Å². The van der Waals surface area contributed by atoms with Crippen LogP contribution in [0.3, 0.4) is 0 Å². The third-order valence-corrected chi connectivity index (χ3v) is 4.81. The van der Waals surface area contributed by atoms with Crippen molar-refractivity contribution in [3.05, 3.63) is 65.7 Å². The highest BCUT2D eigenvalue weighted by atomic mass is 16.4. The van der Waals surface area contributed by atoms with Gasteiger partial charge in [-0.25, -0.2) is 4.79 Å². The predicted molar refractivity (Wildman–Crippen MR) is 108 cm³/mol. The van der Waals surface area contributed by atoms with Crippen molar-refractivity contribution >= 4 is 12.0 Å². The number of urea groups is 1. The molecule has 150 valence electrons. The number of amides is 2. The third kappa shape index (κ3) is 6.95. The minimum atomic E-state index is -0.874. The summed E-state index contributed by atoms with van der Waals surface area (Å²) >= 11 is 0. The van der Waals surface area contributed by atoms with E-state index in [2.05, 4.69) is 5.32 Å². The van der Waals surface area contributed by atoms with Crippen molar-refractivity contribution in [2.45, 2.75) is 44.7 Å². The first kappa shape index (κ1) is 21.3. The number of phenols is 1. The summed E-state index contributed by atoms with van der Waals surface area (Å²) in [5.74, 6) is -0.661. The average Bonchev–Trinajstić information content (AvgIpc) is 2.68. The van der Waals surface area contributed by atoms with Crippen LogP contribution in [0.15, 0.2) is 54.6 Å². The summed E-state index contributed by atoms with van der Waals surface area (Å²) in [5.41, 5.74) is 2.08. The standard InChI is InChI=1S/C22H28N2O4/c1-16(14-18-8-11-20(25)12-9-18)24(2)22(28)23-19(10-13-21(26)27)15-17-6-4-3-5-7-17/h3-9,11-12,16,19,25H,10,13-15H2,1-2H3,(H,23,28)(H,26,27). The molecule has 2 amide bonds. The fourth-order valence-corrected chi connectivity index (χ4v) is 3.01. The summed E-state index contributed by atoms with van der Waals surface area (Å²) in [6, 6.07) is 16.1. The Kier molecular flexibility index (Phi) is 7.87. The molecule has 2 aromatic carbocycles. The van der Waals surface area contributed by atoms with Crippen LogP contribution in [0, 0.1) is 0 Å². The van der Waals surface area contributed by atoms with Crippen molar-refractivity contribution in [3.8, 4) is 5.75 Å². The molecule has 2 atom stereocenters. The van der Waals surface area contributed by atoms with Crippen LogP contribution in [0.25, 0.3) is 0 Å². The lowest BCUT2D eigenvalue weighted by Gasteiger charge is -2.28. The van der Waals surface area contributed by atoms with Gasteiger partial charge in [-0.3, -0.25) is 4.79 Å². The molecule has 3 N–H and O–H groups in total. The second-order valence-electron chi connectivity index (χ2n) is 7.10. The van der Waals surface area contributed by atoms with Gasteiger partial charge in [-0.2, -0.15) is 0 Å². The van der Waals surface area contributed by atoms with Gasteiger partial charge in [0.05, 0.1) is 0 Å². The molecule has 6 nitrogen and oxygen atoms in total. The third-order valence-electron chi connectivity index (χ3n) is 4.81. The van der Waals surface area contributed by atoms with E-state index in [1.54, 1.807) is 24.1 Å². The van der Waals surface area contributed by atoms with Gasteiger partial charge in [0.2, 0.25) is 0 Å². The van der Waals surface area contributed by atoms with E-state index in [1.165, 1.54) is 0 Å². The summed E-state index contributed by atoms with van der Waals surface area (Å²) < 4.78 is 0. The molecule has 0 saturated carbocycles. The molecule has 0 aromatic heterocycles. The molecule has 6 heteroatoms. The van der Waals surface area contributed by atoms with Crippen molar-refractivity contribution in [1.29, 1.82) is 0 Å². The minimum absolute atomic E-state index is 0.00452. The van der Waals surface area contributed by atoms with E-state index >= 15 is 0 Å². The van der Waals surface area contributed by atoms with Gasteiger partial charge in [0, 0.05) is 25.6 Å². The Morgan fingerprint density at radius 2 is 1.61 bits per heavy atom. The molecule has 2 aromatic rings. The number of carboxylic acids is 1. The topological polar surface area (TPSA) is 89.9 Å². The van der Waals surface area contributed by atoms with Gasteiger partial charge in [-0.05, 0) is 49.4 Å². The largest absolute Gasteiger partial charge is 0.508 e. The number of benzene rings is 2. The number of nitrogens with one attached hydrogen (secondary N) is 1. The molecule has 0 aliphatic heterocycles. The molecule has 2 unspecified atom stereocenters. The number of aliphatic carboxylic acids is 1. The van der Waals surface area contributed by atoms with E-state index in [4.69, 9.17) is 5.11 Å². The maximum atomic E-state index is 12.7. The number of phenolic OH excluding ortho intramolecular Hbond substituents is 1. The maximum Gasteiger partial charge on any atom is 0.317 e. The molecule has 0 saturated heterocycles. The van der Waals surface area contributed by atoms with Crippen LogP contribution in [0.1, 0.15) is 30.9 Å². The molecular weight excluding hydrogens is 356 g/mol. The SMILES string of the molecule is CC(Cc1ccc(O)cc1)N(C)C(=O)NC(CCC(=O)O)Cc1ccccc1. The zero-order chi connectivity index (χ0) is 20.5. The number of hydrogen-bond donors (Lipinski definition) is 3. The van der Waals surface area contributed by atoms with Crippen molar-refractivity contribution < 1.29 is 19.8 Å². The summed E-state index contributed by atoms with van der Waals surface area (Å²) in [6.07, 6.45) is 1.61. The van der Waals surface area contributed by atoms with Crippen LogP contribution < -0.4 is 5.32 Å². The Morgan fingerprint density at radius 3 is 2.21 bits per heavy atom. The molecule has 2 rings (SSSR count). The Hall–Kier alpha value is -3.02. The number of likely N-dealkylation sites (N-methyl/N-ethyl adjacent to an activating group) is 1. The molecule has 28 heavy (non-hydrogen) atoms. The lowest BCUT2D eigenvalue weighted by atomic mass is 10.0. The molecular formula is C22H28N2O4. The van der Waals surface area contributed by atoms with E-state index < -0.39 is 5.97 Å². The van der Waals surface area contributed by atoms with Crippen molar-refractivity contribution in [1.82, 2.24) is 10.2 Å². The second kappa shape index (κ2) is 10.3. The van der Waals surface area contributed by atoms with E-state index in [1.807, 2.05) is 49.4 Å². The van der Waals surface area contributed by atoms with Crippen molar-refractivity contribution in [2.75, 3.05) is 7.05 Å². The highest BCUT2D eigenvalue weighted by Crippen LogP contribution is 2.14. The fourth-order valence-electron chi connectivity index (χ4n) is 3.01. The predicted octanol–water partition coefficient (Wildman–Crippen LogP) is 3.44. The highest BCUT2D eigenvalue weighted by Gasteiger charge is 2.20. The number of carbonyl (C=O) groups excluding carboxylic acids is 1. The van der Waals surface area contributed by atoms with E-state index in [0.717, 1.165) is 11.1 Å². The van der Waals surface area contributed by atoms with Crippen molar-refractivity contribution in [3.63, 3.8) is 0 Å². The monoisotopic (exact) mass is 384 g/mol. The van der Waals surface area contributed by atoms with Crippen LogP contribution in [0.5, 0.6) is 5.75 Å². The average molecular weight is 384 g/mol. The Balaban J connectivity index is 1.97. The summed E-state index contributed by atoms with van der Waals surface area (Å²) in [6.45, 7) is 1.95. The number of hydrogen-bond acceptors (Lipinski definition) is 3. The Labute approximate surface area is 165 Å². The maximum absolute atomic E-state index is 12.7. The van der Waals surface area contributed by atoms with E-state index in [9.17, 15) is 14.7 Å². The van der Waals surface area contributed by atoms with Crippen LogP contribution in [-0.2, 0) is 17.6 Å². The fraction of sp³-hybridized carbons (Fsp3) is 0.364. The van der Waals surface area contributed by atoms with Gasteiger partial charge in [0.25, 0.3) is 0 Å². The van der Waals surface area contributed by atoms with Gasteiger partial charge in [0.15, 0.2) is 0 Å². The van der Waals surface area contributed by atoms with Crippen LogP contribution >= 0.6 is 0 Å². The van der Waals surface area contributed by atoms with E-state index in [0.29, 0.717) is 19.3 Å². The molecule has 0 radical (unpaired) electrons. The van der Waals surface area contributed by atoms with Gasteiger partial charge >= 0.3 is 12.0 Å². The number of aromatic hydroxyl groups is 1. The minimum Gasteiger partial charge on any atom is -0.508 e. The van der Waals surface area contributed by atoms with Gasteiger partial charge in [-0.15, -0.1) is 0 Å². The summed E-state index contributed by atoms with van der Waals surface area (Å²) in [5, 5.41) is 21.4. The van der Waals surface area contributed by atoms with Crippen LogP contribution in [0.2, 0.25) is 0 Å². The first-order valence-electron chi connectivity index (χ1n) is 9.42. The van der Waals surface area contributed by atoms with Crippen molar-refractivity contribution in [2.24, 2.45) is 0 Å². The normalized spacial score (nSPS) is 12.8.